The molecular weight excluding hydrogens is 288 g/mol. The number of piperazine rings is 1. The number of carbonyl (C=O) groups excluding carboxylic acids is 2. The average molecular weight is 314 g/mol. The van der Waals surface area contributed by atoms with Crippen LogP contribution in [-0.4, -0.2) is 60.6 Å². The predicted molar refractivity (Wildman–Crippen MR) is 90.8 cm³/mol. The van der Waals surface area contributed by atoms with Crippen LogP contribution in [0.2, 0.25) is 0 Å². The number of aldehydes is 2. The van der Waals surface area contributed by atoms with Gasteiger partial charge >= 0.3 is 0 Å². The summed E-state index contributed by atoms with van der Waals surface area (Å²) in [6, 6.07) is 9.09. The van der Waals surface area contributed by atoms with Crippen LogP contribution in [0.5, 0.6) is 0 Å². The molecule has 1 aromatic carbocycles. The van der Waals surface area contributed by atoms with E-state index >= 15 is 0 Å². The van der Waals surface area contributed by atoms with Crippen molar-refractivity contribution in [3.8, 4) is 0 Å². The minimum atomic E-state index is 0.592. The van der Waals surface area contributed by atoms with Crippen molar-refractivity contribution in [2.45, 2.75) is 44.2 Å². The summed E-state index contributed by atoms with van der Waals surface area (Å²) < 4.78 is 0. The van der Waals surface area contributed by atoms with Crippen LogP contribution in [0.15, 0.2) is 24.3 Å². The van der Waals surface area contributed by atoms with Crippen molar-refractivity contribution in [2.24, 2.45) is 0 Å². The number of hydrogen-bond donors (Lipinski definition) is 0. The molecule has 23 heavy (non-hydrogen) atoms. The Morgan fingerprint density at radius 2 is 1.70 bits per heavy atom. The van der Waals surface area contributed by atoms with Crippen molar-refractivity contribution < 1.29 is 9.59 Å². The molecule has 124 valence electrons. The molecule has 1 aromatic rings. The molecule has 0 saturated carbocycles. The molecule has 2 bridgehead atoms. The van der Waals surface area contributed by atoms with E-state index in [0.717, 1.165) is 44.2 Å². The molecule has 0 amide bonds. The molecule has 3 rings (SSSR count). The van der Waals surface area contributed by atoms with E-state index in [1.54, 1.807) is 0 Å². The maximum absolute atomic E-state index is 10.8. The van der Waals surface area contributed by atoms with Gasteiger partial charge < -0.3 is 9.69 Å². The van der Waals surface area contributed by atoms with Gasteiger partial charge in [-0.3, -0.25) is 9.69 Å². The highest BCUT2D eigenvalue weighted by atomic mass is 16.1. The fourth-order valence-electron chi connectivity index (χ4n) is 4.07. The Kier molecular flexibility index (Phi) is 5.57. The highest BCUT2D eigenvalue weighted by Gasteiger charge is 2.38. The Morgan fingerprint density at radius 3 is 2.30 bits per heavy atom. The highest BCUT2D eigenvalue weighted by Crippen LogP contribution is 2.29. The van der Waals surface area contributed by atoms with Crippen LogP contribution < -0.4 is 0 Å². The minimum absolute atomic E-state index is 0.592. The monoisotopic (exact) mass is 314 g/mol. The molecule has 2 saturated heterocycles. The number of aryl methyl sites for hydroxylation is 1. The zero-order valence-electron chi connectivity index (χ0n) is 13.7. The first-order chi connectivity index (χ1) is 11.3. The van der Waals surface area contributed by atoms with Crippen LogP contribution in [0.3, 0.4) is 0 Å². The molecular formula is C19H26N2O2. The van der Waals surface area contributed by atoms with Gasteiger partial charge in [0.2, 0.25) is 0 Å². The van der Waals surface area contributed by atoms with Crippen molar-refractivity contribution in [2.75, 3.05) is 26.2 Å². The molecule has 0 radical (unpaired) electrons. The smallest absolute Gasteiger partial charge is 0.150 e. The molecule has 2 fully saturated rings. The molecule has 2 aliphatic rings. The molecule has 0 aromatic heterocycles. The van der Waals surface area contributed by atoms with Crippen molar-refractivity contribution >= 4 is 12.6 Å². The third kappa shape index (κ3) is 4.06. The lowest BCUT2D eigenvalue weighted by Gasteiger charge is -2.40. The average Bonchev–Trinajstić information content (AvgIpc) is 2.82. The topological polar surface area (TPSA) is 40.6 Å². The second kappa shape index (κ2) is 7.84. The van der Waals surface area contributed by atoms with Crippen molar-refractivity contribution in [1.82, 2.24) is 9.80 Å². The van der Waals surface area contributed by atoms with Gasteiger partial charge in [0.1, 0.15) is 12.6 Å². The van der Waals surface area contributed by atoms with Gasteiger partial charge in [-0.2, -0.15) is 0 Å². The number of benzene rings is 1. The fourth-order valence-corrected chi connectivity index (χ4v) is 4.07. The summed E-state index contributed by atoms with van der Waals surface area (Å²) in [5.74, 6) is 0. The molecule has 2 heterocycles. The number of nitrogens with zero attached hydrogens (tertiary/aromatic N) is 2. The molecule has 2 aliphatic heterocycles. The zero-order chi connectivity index (χ0) is 16.1. The normalized spacial score (nSPS) is 24.7. The minimum Gasteiger partial charge on any atom is -0.302 e. The lowest BCUT2D eigenvalue weighted by Crippen LogP contribution is -2.54. The summed E-state index contributed by atoms with van der Waals surface area (Å²) in [6.07, 6.45) is 7.92. The van der Waals surface area contributed by atoms with Crippen LogP contribution in [0.4, 0.5) is 0 Å². The molecule has 4 heteroatoms. The SMILES string of the molecule is O=CCN1C2CCC1CN(CCCCc1ccc(C=O)cc1)C2. The number of hydrogen-bond acceptors (Lipinski definition) is 4. The van der Waals surface area contributed by atoms with Gasteiger partial charge in [0.15, 0.2) is 0 Å². The lowest BCUT2D eigenvalue weighted by molar-refractivity contribution is -0.110. The zero-order valence-corrected chi connectivity index (χ0v) is 13.7. The summed E-state index contributed by atoms with van der Waals surface area (Å²) in [6.45, 7) is 4.02. The Morgan fingerprint density at radius 1 is 1.00 bits per heavy atom. The van der Waals surface area contributed by atoms with E-state index in [4.69, 9.17) is 0 Å². The third-order valence-electron chi connectivity index (χ3n) is 5.30. The van der Waals surface area contributed by atoms with Crippen LogP contribution in [-0.2, 0) is 11.2 Å². The highest BCUT2D eigenvalue weighted by molar-refractivity contribution is 5.74. The Hall–Kier alpha value is -1.52. The maximum atomic E-state index is 10.8. The summed E-state index contributed by atoms with van der Waals surface area (Å²) in [7, 11) is 0. The van der Waals surface area contributed by atoms with Gasteiger partial charge in [-0.25, -0.2) is 0 Å². The maximum Gasteiger partial charge on any atom is 0.150 e. The van der Waals surface area contributed by atoms with Crippen LogP contribution >= 0.6 is 0 Å². The number of rotatable bonds is 8. The van der Waals surface area contributed by atoms with E-state index in [-0.39, 0.29) is 0 Å². The second-order valence-corrected chi connectivity index (χ2v) is 6.82. The number of fused-ring (bicyclic) bond motifs is 2. The molecule has 2 atom stereocenters. The van der Waals surface area contributed by atoms with Crippen LogP contribution in [0, 0.1) is 0 Å². The quantitative estimate of drug-likeness (QED) is 0.545. The van der Waals surface area contributed by atoms with Gasteiger partial charge in [-0.1, -0.05) is 24.3 Å². The Labute approximate surface area is 138 Å². The second-order valence-electron chi connectivity index (χ2n) is 6.82. The third-order valence-corrected chi connectivity index (χ3v) is 5.30. The molecule has 0 aliphatic carbocycles. The van der Waals surface area contributed by atoms with E-state index < -0.39 is 0 Å². The number of carbonyl (C=O) groups is 2. The van der Waals surface area contributed by atoms with Crippen molar-refractivity contribution in [3.05, 3.63) is 35.4 Å². The summed E-state index contributed by atoms with van der Waals surface area (Å²) in [5, 5.41) is 0. The van der Waals surface area contributed by atoms with E-state index in [0.29, 0.717) is 18.6 Å². The van der Waals surface area contributed by atoms with Gasteiger partial charge in [-0.15, -0.1) is 0 Å². The first-order valence-corrected chi connectivity index (χ1v) is 8.76. The standard InChI is InChI=1S/C19H26N2O2/c22-12-11-21-18-8-9-19(21)14-20(13-18)10-2-1-3-16-4-6-17(15-23)7-5-16/h4-7,12,15,18-19H,1-3,8-11,13-14H2. The number of likely N-dealkylation sites (tertiary alicyclic amines) is 1. The predicted octanol–water partition coefficient (Wildman–Crippen LogP) is 2.17. The molecule has 4 nitrogen and oxygen atoms in total. The van der Waals surface area contributed by atoms with Gasteiger partial charge in [0.05, 0.1) is 6.54 Å². The van der Waals surface area contributed by atoms with E-state index in [9.17, 15) is 9.59 Å². The largest absolute Gasteiger partial charge is 0.302 e. The van der Waals surface area contributed by atoms with E-state index in [1.165, 1.54) is 31.2 Å². The van der Waals surface area contributed by atoms with E-state index in [2.05, 4.69) is 21.9 Å². The summed E-state index contributed by atoms with van der Waals surface area (Å²) >= 11 is 0. The fraction of sp³-hybridized carbons (Fsp3) is 0.579. The Bertz CT molecular complexity index is 515. The number of unbranched alkanes of at least 4 members (excludes halogenated alkanes) is 1. The first-order valence-electron chi connectivity index (χ1n) is 8.76. The Balaban J connectivity index is 1.38. The van der Waals surface area contributed by atoms with Crippen LogP contribution in [0.1, 0.15) is 41.6 Å². The molecule has 2 unspecified atom stereocenters. The summed E-state index contributed by atoms with van der Waals surface area (Å²) in [5.41, 5.74) is 2.06. The van der Waals surface area contributed by atoms with Gasteiger partial charge in [0.25, 0.3) is 0 Å². The molecule has 0 N–H and O–H groups in total. The first kappa shape index (κ1) is 16.3. The van der Waals surface area contributed by atoms with Gasteiger partial charge in [-0.05, 0) is 44.2 Å². The lowest BCUT2D eigenvalue weighted by atomic mass is 10.1. The van der Waals surface area contributed by atoms with Gasteiger partial charge in [0, 0.05) is 30.7 Å². The van der Waals surface area contributed by atoms with Crippen molar-refractivity contribution in [3.63, 3.8) is 0 Å². The van der Waals surface area contributed by atoms with E-state index in [1.807, 2.05) is 12.1 Å². The van der Waals surface area contributed by atoms with Crippen molar-refractivity contribution in [1.29, 1.82) is 0 Å². The molecule has 0 spiro atoms. The summed E-state index contributed by atoms with van der Waals surface area (Å²) in [4.78, 5) is 26.4. The van der Waals surface area contributed by atoms with Crippen LogP contribution in [0.25, 0.3) is 0 Å².